The van der Waals surface area contributed by atoms with Crippen molar-refractivity contribution in [3.05, 3.63) is 23.4 Å². The molecule has 1 fully saturated rings. The molecular formula is C12H15NO3. The quantitative estimate of drug-likeness (QED) is 0.847. The van der Waals surface area contributed by atoms with Gasteiger partial charge in [0.2, 0.25) is 5.88 Å². The van der Waals surface area contributed by atoms with Gasteiger partial charge in [0.25, 0.3) is 0 Å². The van der Waals surface area contributed by atoms with Gasteiger partial charge in [-0.05, 0) is 25.3 Å². The number of hydrogen-bond acceptors (Lipinski definition) is 3. The Balaban J connectivity index is 2.35. The van der Waals surface area contributed by atoms with E-state index >= 15 is 0 Å². The van der Waals surface area contributed by atoms with Crippen LogP contribution in [0.25, 0.3) is 0 Å². The highest BCUT2D eigenvalue weighted by Crippen LogP contribution is 2.47. The molecule has 4 nitrogen and oxygen atoms in total. The lowest BCUT2D eigenvalue weighted by molar-refractivity contribution is 0.0695. The maximum atomic E-state index is 11.0. The zero-order valence-corrected chi connectivity index (χ0v) is 9.43. The van der Waals surface area contributed by atoms with Gasteiger partial charge in [0.05, 0.1) is 17.9 Å². The number of aromatic nitrogens is 1. The van der Waals surface area contributed by atoms with Crippen LogP contribution in [-0.4, -0.2) is 22.7 Å². The van der Waals surface area contributed by atoms with Crippen LogP contribution in [0.1, 0.15) is 42.2 Å². The van der Waals surface area contributed by atoms with Crippen molar-refractivity contribution in [1.82, 2.24) is 4.98 Å². The van der Waals surface area contributed by atoms with E-state index in [9.17, 15) is 4.79 Å². The lowest BCUT2D eigenvalue weighted by atomic mass is 10.1. The highest BCUT2D eigenvalue weighted by Gasteiger charge is 2.38. The van der Waals surface area contributed by atoms with Gasteiger partial charge in [-0.3, -0.25) is 0 Å². The number of pyridine rings is 1. The van der Waals surface area contributed by atoms with Crippen LogP contribution in [0, 0.1) is 5.92 Å². The van der Waals surface area contributed by atoms with Crippen molar-refractivity contribution in [2.45, 2.75) is 26.2 Å². The molecule has 0 saturated heterocycles. The van der Waals surface area contributed by atoms with Crippen LogP contribution in [-0.2, 0) is 0 Å². The average molecular weight is 221 g/mol. The van der Waals surface area contributed by atoms with Crippen LogP contribution in [0.3, 0.4) is 0 Å². The normalized spacial score (nSPS) is 22.9. The molecule has 1 aliphatic rings. The summed E-state index contributed by atoms with van der Waals surface area (Å²) in [5.41, 5.74) is 0.976. The average Bonchev–Trinajstić information content (AvgIpc) is 2.95. The predicted octanol–water partition coefficient (Wildman–Crippen LogP) is 2.30. The van der Waals surface area contributed by atoms with Crippen molar-refractivity contribution in [3.8, 4) is 5.88 Å². The maximum Gasteiger partial charge on any atom is 0.337 e. The van der Waals surface area contributed by atoms with Crippen LogP contribution in [0.4, 0.5) is 0 Å². The van der Waals surface area contributed by atoms with Crippen LogP contribution in [0.5, 0.6) is 5.88 Å². The number of ether oxygens (including phenoxy) is 1. The molecule has 1 aliphatic carbocycles. The topological polar surface area (TPSA) is 59.4 Å². The van der Waals surface area contributed by atoms with E-state index in [1.165, 1.54) is 0 Å². The second-order valence-electron chi connectivity index (χ2n) is 4.14. The van der Waals surface area contributed by atoms with E-state index in [0.29, 0.717) is 29.7 Å². The Labute approximate surface area is 94.3 Å². The molecule has 0 amide bonds. The standard InChI is InChI=1S/C12H15NO3/c1-3-16-10-5-4-8(12(14)15)11(13-10)9-6-7(9)2/h4-5,7,9H,3,6H2,1-2H3,(H,14,15)/t7-,9-/m1/s1. The van der Waals surface area contributed by atoms with E-state index < -0.39 is 5.97 Å². The van der Waals surface area contributed by atoms with Gasteiger partial charge in [0.1, 0.15) is 0 Å². The summed E-state index contributed by atoms with van der Waals surface area (Å²) in [6, 6.07) is 3.20. The maximum absolute atomic E-state index is 11.0. The molecule has 1 saturated carbocycles. The lowest BCUT2D eigenvalue weighted by Gasteiger charge is -2.07. The number of nitrogens with zero attached hydrogens (tertiary/aromatic N) is 1. The first-order chi connectivity index (χ1) is 7.63. The van der Waals surface area contributed by atoms with E-state index in [-0.39, 0.29) is 5.92 Å². The lowest BCUT2D eigenvalue weighted by Crippen LogP contribution is -2.06. The van der Waals surface area contributed by atoms with Gasteiger partial charge in [-0.1, -0.05) is 6.92 Å². The van der Waals surface area contributed by atoms with Gasteiger partial charge in [-0.2, -0.15) is 0 Å². The number of aromatic carboxylic acids is 1. The zero-order chi connectivity index (χ0) is 11.7. The summed E-state index contributed by atoms with van der Waals surface area (Å²) in [4.78, 5) is 15.3. The fourth-order valence-electron chi connectivity index (χ4n) is 1.85. The molecule has 86 valence electrons. The van der Waals surface area contributed by atoms with Gasteiger partial charge in [0, 0.05) is 12.0 Å². The van der Waals surface area contributed by atoms with Gasteiger partial charge >= 0.3 is 5.97 Å². The Kier molecular flexibility index (Phi) is 2.81. The molecule has 1 N–H and O–H groups in total. The molecule has 0 aromatic carbocycles. The molecule has 0 bridgehead atoms. The first-order valence-electron chi connectivity index (χ1n) is 5.50. The van der Waals surface area contributed by atoms with Crippen molar-refractivity contribution in [2.75, 3.05) is 6.61 Å². The summed E-state index contributed by atoms with van der Waals surface area (Å²) in [6.45, 7) is 4.52. The van der Waals surface area contributed by atoms with Crippen LogP contribution in [0.2, 0.25) is 0 Å². The Morgan fingerprint density at radius 1 is 1.62 bits per heavy atom. The molecule has 0 spiro atoms. The minimum atomic E-state index is -0.912. The molecule has 2 atom stereocenters. The minimum Gasteiger partial charge on any atom is -0.478 e. The second-order valence-corrected chi connectivity index (χ2v) is 4.14. The molecule has 0 aliphatic heterocycles. The first-order valence-corrected chi connectivity index (χ1v) is 5.50. The van der Waals surface area contributed by atoms with E-state index in [1.807, 2.05) is 6.92 Å². The number of carbonyl (C=O) groups is 1. The Morgan fingerprint density at radius 2 is 2.31 bits per heavy atom. The minimum absolute atomic E-state index is 0.284. The summed E-state index contributed by atoms with van der Waals surface area (Å²) in [5.74, 6) is 0.417. The third-order valence-electron chi connectivity index (χ3n) is 2.88. The summed E-state index contributed by atoms with van der Waals surface area (Å²) in [7, 11) is 0. The Hall–Kier alpha value is -1.58. The van der Waals surface area contributed by atoms with Gasteiger partial charge < -0.3 is 9.84 Å². The van der Waals surface area contributed by atoms with Crippen molar-refractivity contribution in [1.29, 1.82) is 0 Å². The number of hydrogen-bond donors (Lipinski definition) is 1. The highest BCUT2D eigenvalue weighted by atomic mass is 16.5. The third kappa shape index (κ3) is 2.01. The molecule has 1 aromatic heterocycles. The van der Waals surface area contributed by atoms with Crippen molar-refractivity contribution in [2.24, 2.45) is 5.92 Å². The van der Waals surface area contributed by atoms with E-state index in [1.54, 1.807) is 12.1 Å². The summed E-state index contributed by atoms with van der Waals surface area (Å²) in [6.07, 6.45) is 1.02. The van der Waals surface area contributed by atoms with E-state index in [4.69, 9.17) is 9.84 Å². The molecular weight excluding hydrogens is 206 g/mol. The molecule has 16 heavy (non-hydrogen) atoms. The van der Waals surface area contributed by atoms with Gasteiger partial charge in [0.15, 0.2) is 0 Å². The monoisotopic (exact) mass is 221 g/mol. The fourth-order valence-corrected chi connectivity index (χ4v) is 1.85. The number of rotatable bonds is 4. The molecule has 1 heterocycles. The molecule has 2 rings (SSSR count). The largest absolute Gasteiger partial charge is 0.478 e. The van der Waals surface area contributed by atoms with Crippen LogP contribution >= 0.6 is 0 Å². The SMILES string of the molecule is CCOc1ccc(C(=O)O)c([C@@H]2C[C@H]2C)n1. The summed E-state index contributed by atoms with van der Waals surface area (Å²) < 4.78 is 5.29. The predicted molar refractivity (Wildman–Crippen MR) is 58.9 cm³/mol. The highest BCUT2D eigenvalue weighted by molar-refractivity contribution is 5.89. The second kappa shape index (κ2) is 4.12. The van der Waals surface area contributed by atoms with Crippen LogP contribution < -0.4 is 4.74 Å². The summed E-state index contributed by atoms with van der Waals surface area (Å²) >= 11 is 0. The van der Waals surface area contributed by atoms with Crippen LogP contribution in [0.15, 0.2) is 12.1 Å². The number of carboxylic acid groups (broad SMARTS) is 1. The van der Waals surface area contributed by atoms with Crippen molar-refractivity contribution >= 4 is 5.97 Å². The van der Waals surface area contributed by atoms with Gasteiger partial charge in [-0.15, -0.1) is 0 Å². The molecule has 0 radical (unpaired) electrons. The van der Waals surface area contributed by atoms with E-state index in [0.717, 1.165) is 6.42 Å². The molecule has 0 unspecified atom stereocenters. The summed E-state index contributed by atoms with van der Waals surface area (Å²) in [5, 5.41) is 9.07. The third-order valence-corrected chi connectivity index (χ3v) is 2.88. The van der Waals surface area contributed by atoms with E-state index in [2.05, 4.69) is 11.9 Å². The molecule has 4 heteroatoms. The Bertz CT molecular complexity index is 417. The smallest absolute Gasteiger partial charge is 0.337 e. The fraction of sp³-hybridized carbons (Fsp3) is 0.500. The van der Waals surface area contributed by atoms with Crippen molar-refractivity contribution in [3.63, 3.8) is 0 Å². The number of carboxylic acids is 1. The van der Waals surface area contributed by atoms with Crippen molar-refractivity contribution < 1.29 is 14.6 Å². The zero-order valence-electron chi connectivity index (χ0n) is 9.43. The Morgan fingerprint density at radius 3 is 2.81 bits per heavy atom. The molecule has 1 aromatic rings. The first kappa shape index (κ1) is 10.9. The van der Waals surface area contributed by atoms with Gasteiger partial charge in [-0.25, -0.2) is 9.78 Å².